The van der Waals surface area contributed by atoms with Crippen LogP contribution in [0.15, 0.2) is 63.2 Å². The molecule has 1 aliphatic carbocycles. The molecule has 3 heterocycles. The average Bonchev–Trinajstić information content (AvgIpc) is 3.05. The van der Waals surface area contributed by atoms with Crippen LogP contribution in [-0.2, 0) is 20.6 Å². The van der Waals surface area contributed by atoms with Gasteiger partial charge in [0.15, 0.2) is 11.6 Å². The number of benzene rings is 1. The lowest BCUT2D eigenvalue weighted by Gasteiger charge is -2.54. The molecule has 1 aromatic carbocycles. The topological polar surface area (TPSA) is 91.2 Å². The second kappa shape index (κ2) is 6.09. The fraction of sp³-hybridized carbons (Fsp3) is 0.476. The van der Waals surface area contributed by atoms with Gasteiger partial charge in [-0.2, -0.15) is 9.42 Å². The van der Waals surface area contributed by atoms with Crippen LogP contribution in [-0.4, -0.2) is 38.1 Å². The number of dihydropyridines is 1. The van der Waals surface area contributed by atoms with Gasteiger partial charge in [0.25, 0.3) is 0 Å². The van der Waals surface area contributed by atoms with Gasteiger partial charge in [0.05, 0.1) is 17.7 Å². The van der Waals surface area contributed by atoms with Gasteiger partial charge in [-0.15, -0.1) is 5.11 Å². The Hall–Kier alpha value is -2.32. The van der Waals surface area contributed by atoms with E-state index < -0.39 is 15.4 Å². The van der Waals surface area contributed by atoms with Crippen molar-refractivity contribution in [2.45, 2.75) is 32.4 Å². The number of nitrogens with zero attached hydrogens (tertiary/aromatic N) is 3. The number of hydrogen-bond donors (Lipinski definition) is 1. The molecular formula is C21H24N4O3S. The summed E-state index contributed by atoms with van der Waals surface area (Å²) in [5.41, 5.74) is 2.66. The van der Waals surface area contributed by atoms with Gasteiger partial charge in [0.2, 0.25) is 10.0 Å². The van der Waals surface area contributed by atoms with Crippen molar-refractivity contribution in [3.05, 3.63) is 58.6 Å². The minimum absolute atomic E-state index is 0.0320. The molecule has 0 bridgehead atoms. The van der Waals surface area contributed by atoms with Crippen molar-refractivity contribution in [2.75, 3.05) is 19.6 Å². The number of carbonyl (C=O) groups is 1. The van der Waals surface area contributed by atoms with Crippen LogP contribution in [0.4, 0.5) is 0 Å². The lowest BCUT2D eigenvalue weighted by atomic mass is 9.60. The van der Waals surface area contributed by atoms with Crippen molar-refractivity contribution in [1.29, 1.82) is 0 Å². The standard InChI is InChI=1S/C21H24N4O3S/c1-20(2)8-16-18(17(26)9-20)21(15-10-22-24-19(15)23-16)12-25(13-21)29(27,28)11-14-6-4-3-5-7-14/h3-7,23H,8-13H2,1-2H3. The molecule has 0 radical (unpaired) electrons. The van der Waals surface area contributed by atoms with E-state index in [0.29, 0.717) is 31.9 Å². The first kappa shape index (κ1) is 18.7. The SMILES string of the molecule is CC1(C)CC(=O)C2=C(C1)NC1=C(CN=N1)C21CN(S(=O)(=O)Cc2ccccc2)C1. The molecule has 29 heavy (non-hydrogen) atoms. The number of carbonyl (C=O) groups excluding carboxylic acids is 1. The summed E-state index contributed by atoms with van der Waals surface area (Å²) in [5.74, 6) is 0.784. The summed E-state index contributed by atoms with van der Waals surface area (Å²) in [5, 5.41) is 11.7. The smallest absolute Gasteiger partial charge is 0.218 e. The van der Waals surface area contributed by atoms with E-state index in [-0.39, 0.29) is 17.0 Å². The molecule has 152 valence electrons. The summed E-state index contributed by atoms with van der Waals surface area (Å²) in [4.78, 5) is 13.1. The predicted octanol–water partition coefficient (Wildman–Crippen LogP) is 2.74. The number of hydrogen-bond acceptors (Lipinski definition) is 6. The number of ketones is 1. The number of nitrogens with one attached hydrogen (secondary N) is 1. The van der Waals surface area contributed by atoms with Gasteiger partial charge >= 0.3 is 0 Å². The number of fused-ring (bicyclic) bond motifs is 2. The highest BCUT2D eigenvalue weighted by Crippen LogP contribution is 2.55. The number of rotatable bonds is 3. The van der Waals surface area contributed by atoms with E-state index in [1.807, 2.05) is 30.3 Å². The Morgan fingerprint density at radius 3 is 2.59 bits per heavy atom. The lowest BCUT2D eigenvalue weighted by Crippen LogP contribution is -2.63. The average molecular weight is 413 g/mol. The van der Waals surface area contributed by atoms with E-state index in [1.54, 1.807) is 0 Å². The molecule has 3 aliphatic heterocycles. The van der Waals surface area contributed by atoms with Crippen LogP contribution in [0, 0.1) is 10.8 Å². The molecule has 1 saturated heterocycles. The third-order valence-corrected chi connectivity index (χ3v) is 8.11. The fourth-order valence-electron chi connectivity index (χ4n) is 5.05. The molecule has 4 aliphatic rings. The minimum Gasteiger partial charge on any atom is -0.342 e. The monoisotopic (exact) mass is 412 g/mol. The molecule has 0 unspecified atom stereocenters. The highest BCUT2D eigenvalue weighted by Gasteiger charge is 2.59. The number of sulfonamides is 1. The molecule has 8 heteroatoms. The third-order valence-electron chi connectivity index (χ3n) is 6.36. The Morgan fingerprint density at radius 2 is 1.86 bits per heavy atom. The molecule has 0 aromatic heterocycles. The first-order chi connectivity index (χ1) is 13.7. The first-order valence-corrected chi connectivity index (χ1v) is 11.5. The quantitative estimate of drug-likeness (QED) is 0.826. The summed E-state index contributed by atoms with van der Waals surface area (Å²) in [6.45, 7) is 5.17. The molecule has 0 amide bonds. The van der Waals surface area contributed by atoms with Crippen molar-refractivity contribution in [1.82, 2.24) is 9.62 Å². The highest BCUT2D eigenvalue weighted by molar-refractivity contribution is 7.88. The Labute approximate surface area is 170 Å². The Balaban J connectivity index is 1.47. The van der Waals surface area contributed by atoms with Gasteiger partial charge in [-0.05, 0) is 17.4 Å². The van der Waals surface area contributed by atoms with E-state index in [9.17, 15) is 13.2 Å². The van der Waals surface area contributed by atoms with Crippen molar-refractivity contribution in [3.63, 3.8) is 0 Å². The van der Waals surface area contributed by atoms with E-state index in [0.717, 1.165) is 28.8 Å². The van der Waals surface area contributed by atoms with Gasteiger partial charge in [-0.3, -0.25) is 4.79 Å². The van der Waals surface area contributed by atoms with Crippen molar-refractivity contribution in [2.24, 2.45) is 21.1 Å². The van der Waals surface area contributed by atoms with E-state index in [1.165, 1.54) is 4.31 Å². The maximum Gasteiger partial charge on any atom is 0.218 e. The van der Waals surface area contributed by atoms with E-state index in [4.69, 9.17) is 0 Å². The highest BCUT2D eigenvalue weighted by atomic mass is 32.2. The number of allylic oxidation sites excluding steroid dienone is 1. The maximum atomic E-state index is 13.1. The largest absolute Gasteiger partial charge is 0.342 e. The van der Waals surface area contributed by atoms with Crippen molar-refractivity contribution < 1.29 is 13.2 Å². The van der Waals surface area contributed by atoms with Crippen LogP contribution in [0.3, 0.4) is 0 Å². The molecule has 1 fully saturated rings. The van der Waals surface area contributed by atoms with Crippen LogP contribution in [0.5, 0.6) is 0 Å². The van der Waals surface area contributed by atoms with Gasteiger partial charge in [0, 0.05) is 36.4 Å². The summed E-state index contributed by atoms with van der Waals surface area (Å²) < 4.78 is 27.5. The molecule has 0 saturated carbocycles. The maximum absolute atomic E-state index is 13.1. The van der Waals surface area contributed by atoms with Crippen LogP contribution in [0.1, 0.15) is 32.3 Å². The zero-order valence-electron chi connectivity index (χ0n) is 16.6. The molecular weight excluding hydrogens is 388 g/mol. The molecule has 0 atom stereocenters. The van der Waals surface area contributed by atoms with Crippen LogP contribution in [0.25, 0.3) is 0 Å². The van der Waals surface area contributed by atoms with Crippen LogP contribution < -0.4 is 5.32 Å². The lowest BCUT2D eigenvalue weighted by molar-refractivity contribution is -0.120. The molecule has 1 aromatic rings. The normalized spacial score (nSPS) is 25.0. The third kappa shape index (κ3) is 2.88. The fourth-order valence-corrected chi connectivity index (χ4v) is 6.68. The van der Waals surface area contributed by atoms with E-state index in [2.05, 4.69) is 29.4 Å². The summed E-state index contributed by atoms with van der Waals surface area (Å²) in [7, 11) is -3.46. The Bertz CT molecular complexity index is 1090. The second-order valence-corrected chi connectivity index (χ2v) is 11.2. The summed E-state index contributed by atoms with van der Waals surface area (Å²) in [6, 6.07) is 9.19. The van der Waals surface area contributed by atoms with Crippen LogP contribution in [0.2, 0.25) is 0 Å². The van der Waals surface area contributed by atoms with Crippen molar-refractivity contribution >= 4 is 15.8 Å². The zero-order chi connectivity index (χ0) is 20.4. The molecule has 7 nitrogen and oxygen atoms in total. The number of Topliss-reactive ketones (excluding diaryl/α,β-unsaturated/α-hetero) is 1. The van der Waals surface area contributed by atoms with Gasteiger partial charge < -0.3 is 5.32 Å². The van der Waals surface area contributed by atoms with E-state index >= 15 is 0 Å². The van der Waals surface area contributed by atoms with Crippen LogP contribution >= 0.6 is 0 Å². The first-order valence-electron chi connectivity index (χ1n) is 9.87. The molecule has 5 rings (SSSR count). The zero-order valence-corrected chi connectivity index (χ0v) is 17.4. The predicted molar refractivity (Wildman–Crippen MR) is 108 cm³/mol. The Morgan fingerprint density at radius 1 is 1.14 bits per heavy atom. The van der Waals surface area contributed by atoms with Gasteiger partial charge in [0.1, 0.15) is 0 Å². The second-order valence-electron chi connectivity index (χ2n) is 9.24. The summed E-state index contributed by atoms with van der Waals surface area (Å²) in [6.07, 6.45) is 1.22. The molecule has 1 N–H and O–H groups in total. The summed E-state index contributed by atoms with van der Waals surface area (Å²) >= 11 is 0. The molecule has 1 spiro atoms. The van der Waals surface area contributed by atoms with Gasteiger partial charge in [-0.25, -0.2) is 8.42 Å². The van der Waals surface area contributed by atoms with Crippen molar-refractivity contribution in [3.8, 4) is 0 Å². The minimum atomic E-state index is -3.46. The number of azo groups is 1. The Kier molecular flexibility index (Phi) is 3.93. The van der Waals surface area contributed by atoms with Gasteiger partial charge in [-0.1, -0.05) is 44.2 Å².